The number of para-hydroxylation sites is 1. The molecule has 0 amide bonds. The van der Waals surface area contributed by atoms with Gasteiger partial charge < -0.3 is 15.0 Å². The average molecular weight is 416 g/mol. The summed E-state index contributed by atoms with van der Waals surface area (Å²) in [6, 6.07) is 7.70. The minimum absolute atomic E-state index is 0.0892. The van der Waals surface area contributed by atoms with Gasteiger partial charge in [-0.05, 0) is 24.3 Å². The first-order valence-electron chi connectivity index (χ1n) is 8.69. The van der Waals surface area contributed by atoms with Crippen molar-refractivity contribution in [1.82, 2.24) is 14.1 Å². The Balaban J connectivity index is 2.25. The monoisotopic (exact) mass is 416 g/mol. The maximum Gasteiger partial charge on any atom is 0.416 e. The quantitative estimate of drug-likeness (QED) is 0.507. The van der Waals surface area contributed by atoms with Gasteiger partial charge in [0.1, 0.15) is 5.56 Å². The molecule has 0 atom stereocenters. The van der Waals surface area contributed by atoms with Crippen LogP contribution in [-0.4, -0.2) is 27.2 Å². The molecule has 7 nitrogen and oxygen atoms in total. The van der Waals surface area contributed by atoms with Gasteiger partial charge in [-0.1, -0.05) is 12.1 Å². The van der Waals surface area contributed by atoms with Crippen molar-refractivity contribution in [2.75, 3.05) is 12.8 Å². The van der Waals surface area contributed by atoms with Crippen molar-refractivity contribution >= 4 is 33.6 Å². The zero-order valence-corrected chi connectivity index (χ0v) is 15.8. The minimum atomic E-state index is -4.64. The number of fused-ring (bicyclic) bond motifs is 2. The van der Waals surface area contributed by atoms with Crippen LogP contribution in [0.5, 0.6) is 0 Å². The predicted molar refractivity (Wildman–Crippen MR) is 105 cm³/mol. The number of aromatic nitrogens is 3. The Bertz CT molecular complexity index is 1390. The number of imidazole rings is 1. The number of nitrogens with zero attached hydrogens (tertiary/aromatic N) is 3. The third-order valence-electron chi connectivity index (χ3n) is 4.89. The minimum Gasteiger partial charge on any atom is -0.465 e. The Kier molecular flexibility index (Phi) is 4.30. The van der Waals surface area contributed by atoms with E-state index < -0.39 is 28.8 Å². The van der Waals surface area contributed by atoms with Gasteiger partial charge in [0.05, 0.1) is 46.9 Å². The normalized spacial score (nSPS) is 11.9. The van der Waals surface area contributed by atoms with Crippen LogP contribution in [0, 0.1) is 0 Å². The summed E-state index contributed by atoms with van der Waals surface area (Å²) in [5.41, 5.74) is 4.66. The Morgan fingerprint density at radius 2 is 1.93 bits per heavy atom. The molecular formula is C20H15F3N4O3. The van der Waals surface area contributed by atoms with E-state index in [1.807, 2.05) is 0 Å². The lowest BCUT2D eigenvalue weighted by molar-refractivity contribution is -0.137. The van der Waals surface area contributed by atoms with Crippen molar-refractivity contribution in [3.8, 4) is 5.69 Å². The number of halogens is 3. The molecule has 154 valence electrons. The number of pyridine rings is 1. The van der Waals surface area contributed by atoms with Gasteiger partial charge >= 0.3 is 12.1 Å². The summed E-state index contributed by atoms with van der Waals surface area (Å²) in [7, 11) is 2.77. The predicted octanol–water partition coefficient (Wildman–Crippen LogP) is 3.27. The number of hydrogen-bond donors (Lipinski definition) is 1. The second-order valence-electron chi connectivity index (χ2n) is 6.65. The summed E-state index contributed by atoms with van der Waals surface area (Å²) >= 11 is 0. The lowest BCUT2D eigenvalue weighted by atomic mass is 10.0. The number of rotatable bonds is 2. The molecule has 0 unspecified atom stereocenters. The van der Waals surface area contributed by atoms with Crippen LogP contribution in [0.2, 0.25) is 0 Å². The number of ether oxygens (including phenoxy) is 1. The van der Waals surface area contributed by atoms with Gasteiger partial charge in [0.15, 0.2) is 0 Å². The fraction of sp³-hybridized carbons (Fsp3) is 0.150. The molecule has 4 rings (SSSR count). The maximum absolute atomic E-state index is 13.4. The summed E-state index contributed by atoms with van der Waals surface area (Å²) in [5, 5.41) is 0.113. The molecular weight excluding hydrogens is 401 g/mol. The van der Waals surface area contributed by atoms with E-state index in [0.717, 1.165) is 29.9 Å². The molecule has 0 aliphatic rings. The van der Waals surface area contributed by atoms with Crippen LogP contribution in [0.1, 0.15) is 15.9 Å². The number of carbonyl (C=O) groups is 1. The number of methoxy groups -OCH3 is 1. The number of nitrogen functional groups attached to an aromatic ring is 1. The molecule has 0 aliphatic heterocycles. The van der Waals surface area contributed by atoms with E-state index in [0.29, 0.717) is 11.0 Å². The summed E-state index contributed by atoms with van der Waals surface area (Å²) in [5.74, 6) is -0.981. The highest BCUT2D eigenvalue weighted by atomic mass is 19.4. The Labute approximate surface area is 167 Å². The van der Waals surface area contributed by atoms with Crippen molar-refractivity contribution < 1.29 is 22.7 Å². The van der Waals surface area contributed by atoms with E-state index in [1.54, 1.807) is 29.8 Å². The van der Waals surface area contributed by atoms with Gasteiger partial charge in [-0.2, -0.15) is 13.2 Å². The van der Waals surface area contributed by atoms with Crippen LogP contribution >= 0.6 is 0 Å². The van der Waals surface area contributed by atoms with Gasteiger partial charge in [0.25, 0.3) is 5.56 Å². The van der Waals surface area contributed by atoms with Crippen LogP contribution in [-0.2, 0) is 18.0 Å². The van der Waals surface area contributed by atoms with Crippen LogP contribution in [0.15, 0.2) is 47.5 Å². The molecule has 2 heterocycles. The molecule has 30 heavy (non-hydrogen) atoms. The molecule has 0 radical (unpaired) electrons. The standard InChI is InChI=1S/C20H15F3N4O3/c1-26-9-25-12-4-3-5-13(17(12)26)27-14-8-10(20(21,22)23)6-7-11(14)16(24)15(18(27)28)19(29)30-2/h3-9H,24H2,1-2H3. The molecule has 0 fully saturated rings. The van der Waals surface area contributed by atoms with Gasteiger partial charge in [-0.25, -0.2) is 9.78 Å². The molecule has 2 aromatic carbocycles. The van der Waals surface area contributed by atoms with Crippen LogP contribution < -0.4 is 11.3 Å². The first-order valence-corrected chi connectivity index (χ1v) is 8.69. The van der Waals surface area contributed by atoms with Crippen molar-refractivity contribution in [1.29, 1.82) is 0 Å². The fourth-order valence-electron chi connectivity index (χ4n) is 3.50. The van der Waals surface area contributed by atoms with Gasteiger partial charge in [-0.3, -0.25) is 9.36 Å². The molecule has 0 spiro atoms. The van der Waals surface area contributed by atoms with E-state index in [2.05, 4.69) is 9.72 Å². The highest BCUT2D eigenvalue weighted by Crippen LogP contribution is 2.34. The molecule has 2 aromatic heterocycles. The molecule has 2 N–H and O–H groups in total. The first-order chi connectivity index (χ1) is 14.1. The maximum atomic E-state index is 13.4. The van der Waals surface area contributed by atoms with Crippen LogP contribution in [0.4, 0.5) is 18.9 Å². The summed E-state index contributed by atoms with van der Waals surface area (Å²) in [6.07, 6.45) is -3.12. The van der Waals surface area contributed by atoms with Crippen molar-refractivity contribution in [3.63, 3.8) is 0 Å². The van der Waals surface area contributed by atoms with Gasteiger partial charge in [0.2, 0.25) is 0 Å². The molecule has 4 aromatic rings. The molecule has 0 aliphatic carbocycles. The fourth-order valence-corrected chi connectivity index (χ4v) is 3.50. The first kappa shape index (κ1) is 19.5. The Hall–Kier alpha value is -3.82. The number of esters is 1. The van der Waals surface area contributed by atoms with Crippen molar-refractivity contribution in [2.24, 2.45) is 7.05 Å². The second kappa shape index (κ2) is 6.61. The zero-order valence-electron chi connectivity index (χ0n) is 15.8. The van der Waals surface area contributed by atoms with E-state index in [9.17, 15) is 22.8 Å². The number of hydrogen-bond acceptors (Lipinski definition) is 5. The molecule has 10 heteroatoms. The number of nitrogens with two attached hydrogens (primary N) is 1. The molecule has 0 bridgehead atoms. The van der Waals surface area contributed by atoms with Crippen molar-refractivity contribution in [3.05, 3.63) is 64.2 Å². The molecule has 0 saturated heterocycles. The van der Waals surface area contributed by atoms with E-state index in [1.165, 1.54) is 6.33 Å². The topological polar surface area (TPSA) is 92.1 Å². The van der Waals surface area contributed by atoms with E-state index in [4.69, 9.17) is 5.73 Å². The SMILES string of the molecule is COC(=O)c1c(N)c2ccc(C(F)(F)F)cc2n(-c2cccc3ncn(C)c23)c1=O. The second-order valence-corrected chi connectivity index (χ2v) is 6.65. The summed E-state index contributed by atoms with van der Waals surface area (Å²) in [6.45, 7) is 0. The lowest BCUT2D eigenvalue weighted by Gasteiger charge is -2.17. The summed E-state index contributed by atoms with van der Waals surface area (Å²) < 4.78 is 47.5. The number of anilines is 1. The highest BCUT2D eigenvalue weighted by Gasteiger charge is 2.32. The molecule has 0 saturated carbocycles. The largest absolute Gasteiger partial charge is 0.465 e. The van der Waals surface area contributed by atoms with Crippen molar-refractivity contribution in [2.45, 2.75) is 6.18 Å². The zero-order chi connectivity index (χ0) is 21.8. The Morgan fingerprint density at radius 3 is 2.60 bits per heavy atom. The van der Waals surface area contributed by atoms with E-state index in [-0.39, 0.29) is 22.3 Å². The average Bonchev–Trinajstić information content (AvgIpc) is 3.08. The number of carbonyl (C=O) groups excluding carboxylic acids is 1. The highest BCUT2D eigenvalue weighted by molar-refractivity contribution is 6.05. The number of alkyl halides is 3. The van der Waals surface area contributed by atoms with Gasteiger partial charge in [0, 0.05) is 12.4 Å². The van der Waals surface area contributed by atoms with Crippen LogP contribution in [0.3, 0.4) is 0 Å². The number of benzene rings is 2. The Morgan fingerprint density at radius 1 is 1.20 bits per heavy atom. The smallest absolute Gasteiger partial charge is 0.416 e. The third kappa shape index (κ3) is 2.79. The lowest BCUT2D eigenvalue weighted by Crippen LogP contribution is -2.28. The van der Waals surface area contributed by atoms with Crippen LogP contribution in [0.25, 0.3) is 27.6 Å². The third-order valence-corrected chi connectivity index (χ3v) is 4.89. The van der Waals surface area contributed by atoms with E-state index >= 15 is 0 Å². The number of aryl methyl sites for hydroxylation is 1. The van der Waals surface area contributed by atoms with Gasteiger partial charge in [-0.15, -0.1) is 0 Å². The summed E-state index contributed by atoms with van der Waals surface area (Å²) in [4.78, 5) is 29.8.